The quantitative estimate of drug-likeness (QED) is 0.152. The Kier molecular flexibility index (Phi) is 7.78. The Morgan fingerprint density at radius 3 is 2.08 bits per heavy atom. The summed E-state index contributed by atoms with van der Waals surface area (Å²) in [5.41, 5.74) is 4.62. The molecule has 5 rings (SSSR count). The summed E-state index contributed by atoms with van der Waals surface area (Å²) in [4.78, 5) is 13.9. The molecule has 7 heteroatoms. The lowest BCUT2D eigenvalue weighted by Crippen LogP contribution is -2.06. The summed E-state index contributed by atoms with van der Waals surface area (Å²) in [6.45, 7) is 1.76. The van der Waals surface area contributed by atoms with E-state index in [1.807, 2.05) is 78.9 Å². The Labute approximate surface area is 230 Å². The van der Waals surface area contributed by atoms with Crippen molar-refractivity contribution in [2.75, 3.05) is 0 Å². The van der Waals surface area contributed by atoms with E-state index in [2.05, 4.69) is 9.97 Å². The first kappa shape index (κ1) is 25.6. The fraction of sp³-hybridized carbons (Fsp3) is 0.0645. The van der Waals surface area contributed by atoms with Crippen molar-refractivity contribution < 1.29 is 9.13 Å². The molecule has 1 heterocycles. The topological polar surface area (TPSA) is 47.4 Å². The van der Waals surface area contributed by atoms with E-state index in [1.54, 1.807) is 25.4 Å². The Hall–Kier alpha value is -4.06. The minimum atomic E-state index is -0.576. The number of aromatic nitrogens is 2. The largest absolute Gasteiger partial charge is 0.486 e. The third-order valence-electron chi connectivity index (χ3n) is 5.86. The highest BCUT2D eigenvalue weighted by Crippen LogP contribution is 2.35. The number of aliphatic imine (C=N–C) groups is 1. The van der Waals surface area contributed by atoms with Gasteiger partial charge < -0.3 is 4.74 Å². The van der Waals surface area contributed by atoms with Gasteiger partial charge in [0.25, 0.3) is 0 Å². The van der Waals surface area contributed by atoms with Crippen LogP contribution in [0, 0.1) is 5.82 Å². The number of halogens is 3. The average molecular weight is 542 g/mol. The van der Waals surface area contributed by atoms with E-state index in [0.29, 0.717) is 27.8 Å². The second-order valence-electron chi connectivity index (χ2n) is 8.50. The molecule has 0 saturated carbocycles. The van der Waals surface area contributed by atoms with Crippen LogP contribution in [-0.2, 0) is 0 Å². The minimum Gasteiger partial charge on any atom is -0.486 e. The van der Waals surface area contributed by atoms with E-state index in [9.17, 15) is 4.39 Å². The van der Waals surface area contributed by atoms with Gasteiger partial charge in [0.05, 0.1) is 23.1 Å². The van der Waals surface area contributed by atoms with Gasteiger partial charge in [-0.3, -0.25) is 0 Å². The van der Waals surface area contributed by atoms with Gasteiger partial charge in [-0.05, 0) is 31.2 Å². The van der Waals surface area contributed by atoms with Gasteiger partial charge in [0.2, 0.25) is 0 Å². The highest BCUT2D eigenvalue weighted by molar-refractivity contribution is 6.36. The molecule has 0 aliphatic carbocycles. The monoisotopic (exact) mass is 541 g/mol. The van der Waals surface area contributed by atoms with Crippen LogP contribution in [0.15, 0.2) is 114 Å². The van der Waals surface area contributed by atoms with E-state index in [0.717, 1.165) is 22.4 Å². The van der Waals surface area contributed by atoms with Crippen LogP contribution in [0.25, 0.3) is 11.4 Å². The summed E-state index contributed by atoms with van der Waals surface area (Å²) in [6, 6.07) is 30.0. The predicted octanol–water partition coefficient (Wildman–Crippen LogP) is 8.90. The molecular weight excluding hydrogens is 520 g/mol. The van der Waals surface area contributed by atoms with Crippen LogP contribution < -0.4 is 4.74 Å². The van der Waals surface area contributed by atoms with E-state index < -0.39 is 11.9 Å². The van der Waals surface area contributed by atoms with Gasteiger partial charge in [0.1, 0.15) is 23.4 Å². The Morgan fingerprint density at radius 2 is 1.45 bits per heavy atom. The van der Waals surface area contributed by atoms with E-state index in [-0.39, 0.29) is 5.02 Å². The van der Waals surface area contributed by atoms with E-state index in [4.69, 9.17) is 32.9 Å². The average Bonchev–Trinajstić information content (AvgIpc) is 2.95. The summed E-state index contributed by atoms with van der Waals surface area (Å²) in [7, 11) is 0. The fourth-order valence-electron chi connectivity index (χ4n) is 4.03. The maximum Gasteiger partial charge on any atom is 0.159 e. The molecule has 188 valence electrons. The molecule has 0 aliphatic rings. The van der Waals surface area contributed by atoms with Gasteiger partial charge in [-0.25, -0.2) is 19.4 Å². The summed E-state index contributed by atoms with van der Waals surface area (Å²) in [6.07, 6.45) is 2.81. The number of hydrogen-bond donors (Lipinski definition) is 0. The normalized spacial score (nSPS) is 11.6. The number of ether oxygens (including phenoxy) is 1. The number of hydrogen-bond acceptors (Lipinski definition) is 4. The summed E-state index contributed by atoms with van der Waals surface area (Å²) in [5, 5.41) is 0.288. The Bertz CT molecular complexity index is 1540. The molecule has 0 radical (unpaired) electrons. The lowest BCUT2D eigenvalue weighted by atomic mass is 10.0. The predicted molar refractivity (Wildman–Crippen MR) is 151 cm³/mol. The maximum absolute atomic E-state index is 14.0. The van der Waals surface area contributed by atoms with Crippen molar-refractivity contribution >= 4 is 34.6 Å². The molecule has 0 amide bonds. The zero-order chi connectivity index (χ0) is 26.5. The smallest absolute Gasteiger partial charge is 0.159 e. The maximum atomic E-state index is 14.0. The first-order chi connectivity index (χ1) is 18.5. The lowest BCUT2D eigenvalue weighted by Gasteiger charge is -2.18. The molecule has 0 N–H and O–H groups in total. The molecular formula is C31H22Cl2FN3O. The van der Waals surface area contributed by atoms with Gasteiger partial charge in [-0.15, -0.1) is 0 Å². The summed E-state index contributed by atoms with van der Waals surface area (Å²) < 4.78 is 20.0. The molecule has 5 aromatic rings. The van der Waals surface area contributed by atoms with Gasteiger partial charge in [0.15, 0.2) is 5.82 Å². The molecule has 38 heavy (non-hydrogen) atoms. The van der Waals surface area contributed by atoms with Gasteiger partial charge in [-0.2, -0.15) is 0 Å². The molecule has 1 aromatic heterocycles. The molecule has 4 nitrogen and oxygen atoms in total. The van der Waals surface area contributed by atoms with Gasteiger partial charge >= 0.3 is 0 Å². The Balaban J connectivity index is 1.40. The minimum absolute atomic E-state index is 0.0500. The highest BCUT2D eigenvalue weighted by Gasteiger charge is 2.19. The van der Waals surface area contributed by atoms with Crippen molar-refractivity contribution in [2.45, 2.75) is 13.0 Å². The third-order valence-corrected chi connectivity index (χ3v) is 6.58. The molecule has 0 fully saturated rings. The fourth-order valence-corrected chi connectivity index (χ4v) is 4.71. The van der Waals surface area contributed by atoms with Crippen molar-refractivity contribution in [3.05, 3.63) is 142 Å². The second kappa shape index (κ2) is 11.5. The van der Waals surface area contributed by atoms with Crippen molar-refractivity contribution in [1.82, 2.24) is 9.97 Å². The van der Waals surface area contributed by atoms with Crippen LogP contribution >= 0.6 is 23.2 Å². The van der Waals surface area contributed by atoms with Gasteiger partial charge in [0, 0.05) is 27.3 Å². The molecule has 1 unspecified atom stereocenters. The highest BCUT2D eigenvalue weighted by atomic mass is 35.5. The SMILES string of the molecule is CC(Oc1cccc(-c2ncc(N=C(c3ccccc3)c3ccccc3)cn2)c1)c1c(Cl)ccc(F)c1Cl. The molecule has 0 aliphatic heterocycles. The molecule has 0 bridgehead atoms. The Morgan fingerprint density at radius 1 is 0.816 bits per heavy atom. The number of rotatable bonds is 7. The zero-order valence-corrected chi connectivity index (χ0v) is 21.9. The molecule has 0 spiro atoms. The standard InChI is InChI=1S/C31H22Cl2FN3O/c1-20(28-26(32)15-16-27(34)29(28)33)38-25-14-8-13-23(17-25)31-35-18-24(19-36-31)37-30(21-9-4-2-5-10-21)22-11-6-3-7-12-22/h2-20H,1H3. The van der Waals surface area contributed by atoms with Crippen LogP contribution in [0.2, 0.25) is 10.0 Å². The lowest BCUT2D eigenvalue weighted by molar-refractivity contribution is 0.226. The van der Waals surface area contributed by atoms with Crippen LogP contribution in [0.3, 0.4) is 0 Å². The third kappa shape index (κ3) is 5.75. The summed E-state index contributed by atoms with van der Waals surface area (Å²) >= 11 is 12.4. The van der Waals surface area contributed by atoms with Crippen LogP contribution in [0.1, 0.15) is 29.7 Å². The van der Waals surface area contributed by atoms with E-state index in [1.165, 1.54) is 12.1 Å². The van der Waals surface area contributed by atoms with Crippen LogP contribution in [0.5, 0.6) is 5.75 Å². The molecule has 1 atom stereocenters. The van der Waals surface area contributed by atoms with E-state index >= 15 is 0 Å². The van der Waals surface area contributed by atoms with Crippen LogP contribution in [0.4, 0.5) is 10.1 Å². The summed E-state index contributed by atoms with van der Waals surface area (Å²) in [5.74, 6) is 0.520. The van der Waals surface area contributed by atoms with Gasteiger partial charge in [-0.1, -0.05) is 96.0 Å². The number of benzene rings is 4. The first-order valence-corrected chi connectivity index (χ1v) is 12.7. The van der Waals surface area contributed by atoms with Crippen LogP contribution in [-0.4, -0.2) is 15.7 Å². The number of nitrogens with zero attached hydrogens (tertiary/aromatic N) is 3. The van der Waals surface area contributed by atoms with Crippen molar-refractivity contribution in [3.8, 4) is 17.1 Å². The van der Waals surface area contributed by atoms with Crippen molar-refractivity contribution in [1.29, 1.82) is 0 Å². The molecule has 4 aromatic carbocycles. The van der Waals surface area contributed by atoms with Crippen molar-refractivity contribution in [2.24, 2.45) is 4.99 Å². The first-order valence-electron chi connectivity index (χ1n) is 11.9. The zero-order valence-electron chi connectivity index (χ0n) is 20.4. The van der Waals surface area contributed by atoms with Crippen molar-refractivity contribution in [3.63, 3.8) is 0 Å². The second-order valence-corrected chi connectivity index (χ2v) is 9.29. The molecule has 0 saturated heterocycles.